The maximum Gasteiger partial charge on any atom is 0.306 e. The fourth-order valence-electron chi connectivity index (χ4n) is 8.38. The minimum absolute atomic E-state index is 0.0678. The highest BCUT2D eigenvalue weighted by Gasteiger charge is 2.55. The maximum absolute atomic E-state index is 12.2. The zero-order valence-electron chi connectivity index (χ0n) is 25.0. The van der Waals surface area contributed by atoms with Crippen molar-refractivity contribution < 1.29 is 9.53 Å². The molecule has 1 heterocycles. The van der Waals surface area contributed by atoms with Gasteiger partial charge in [-0.1, -0.05) is 29.8 Å². The fraction of sp³-hybridized carbons (Fsp3) is 0.636. The predicted octanol–water partition coefficient (Wildman–Crippen LogP) is 6.32. The van der Waals surface area contributed by atoms with E-state index in [4.69, 9.17) is 16.3 Å². The van der Waals surface area contributed by atoms with E-state index in [2.05, 4.69) is 32.0 Å². The average molecular weight is 591 g/mol. The highest BCUT2D eigenvalue weighted by atomic mass is 35.5. The minimum atomic E-state index is -0.413. The lowest BCUT2D eigenvalue weighted by atomic mass is 9.47. The SMILES string of the molecule is CC(C)(C)OC(=O)CC1CC(NC2[C@@H]3CC4C[C@H]2CC(CNc2nc(NCc5ccccc5Cl)ncc2C#N)(C4)C3)C1. The molecule has 1 aromatic carbocycles. The van der Waals surface area contributed by atoms with Crippen molar-refractivity contribution in [3.8, 4) is 6.07 Å². The van der Waals surface area contributed by atoms with Crippen molar-refractivity contribution in [2.75, 3.05) is 17.2 Å². The van der Waals surface area contributed by atoms with Crippen molar-refractivity contribution in [3.63, 3.8) is 0 Å². The Bertz CT molecular complexity index is 1330. The fourth-order valence-corrected chi connectivity index (χ4v) is 8.58. The first-order valence-electron chi connectivity index (χ1n) is 15.5. The van der Waals surface area contributed by atoms with Crippen LogP contribution in [0.2, 0.25) is 5.02 Å². The molecule has 5 aliphatic rings. The molecule has 5 aliphatic carbocycles. The number of aromatic nitrogens is 2. The number of ether oxygens (including phenoxy) is 1. The molecule has 0 spiro atoms. The number of nitrogens with zero attached hydrogens (tertiary/aromatic N) is 3. The number of carbonyl (C=O) groups excluding carboxylic acids is 1. The summed E-state index contributed by atoms with van der Waals surface area (Å²) < 4.78 is 5.53. The molecule has 5 fully saturated rings. The van der Waals surface area contributed by atoms with Crippen LogP contribution < -0.4 is 16.0 Å². The van der Waals surface area contributed by atoms with Crippen LogP contribution in [0.1, 0.15) is 83.3 Å². The number of benzene rings is 1. The van der Waals surface area contributed by atoms with Gasteiger partial charge in [0.05, 0.1) is 6.20 Å². The monoisotopic (exact) mass is 590 g/mol. The molecule has 224 valence electrons. The Morgan fingerprint density at radius 2 is 1.86 bits per heavy atom. The average Bonchev–Trinajstić information content (AvgIpc) is 2.90. The van der Waals surface area contributed by atoms with Gasteiger partial charge in [-0.15, -0.1) is 0 Å². The second-order valence-electron chi connectivity index (χ2n) is 14.4. The van der Waals surface area contributed by atoms with Crippen molar-refractivity contribution in [1.82, 2.24) is 15.3 Å². The van der Waals surface area contributed by atoms with Crippen LogP contribution in [0.25, 0.3) is 0 Å². The molecule has 5 saturated carbocycles. The van der Waals surface area contributed by atoms with E-state index >= 15 is 0 Å². The van der Waals surface area contributed by atoms with E-state index in [1.807, 2.05) is 45.0 Å². The second-order valence-corrected chi connectivity index (χ2v) is 14.8. The summed E-state index contributed by atoms with van der Waals surface area (Å²) in [5.74, 6) is 3.63. The molecule has 3 N–H and O–H groups in total. The standard InChI is InChI=1S/C33H43ClN6O2/c1-32(2,3)42-28(41)12-20-10-26(11-20)39-29-23-8-21-9-24(29)15-33(13-21,14-23)19-38-30-25(16-35)18-37-31(40-30)36-17-22-6-4-5-7-27(22)34/h4-7,18,20-21,23-24,26,29,39H,8-15,17,19H2,1-3H3,(H2,36,37,38,40)/t20?,21?,23-,24+,26?,29?,33?. The van der Waals surface area contributed by atoms with Crippen LogP contribution in [0.4, 0.5) is 11.8 Å². The lowest BCUT2D eigenvalue weighted by molar-refractivity contribution is -0.157. The van der Waals surface area contributed by atoms with Gasteiger partial charge in [0.2, 0.25) is 5.95 Å². The summed E-state index contributed by atoms with van der Waals surface area (Å²) in [5.41, 5.74) is 1.27. The summed E-state index contributed by atoms with van der Waals surface area (Å²) in [5, 5.41) is 21.3. The van der Waals surface area contributed by atoms with E-state index in [1.165, 1.54) is 32.1 Å². The van der Waals surface area contributed by atoms with Crippen molar-refractivity contribution in [2.45, 2.75) is 96.4 Å². The summed E-state index contributed by atoms with van der Waals surface area (Å²) in [4.78, 5) is 21.3. The Labute approximate surface area is 254 Å². The van der Waals surface area contributed by atoms with Gasteiger partial charge in [0.1, 0.15) is 23.1 Å². The largest absolute Gasteiger partial charge is 0.460 e. The summed E-state index contributed by atoms with van der Waals surface area (Å²) in [6, 6.07) is 11.1. The van der Waals surface area contributed by atoms with Gasteiger partial charge in [-0.05, 0) is 106 Å². The maximum atomic E-state index is 12.2. The van der Waals surface area contributed by atoms with Crippen LogP contribution in [0.15, 0.2) is 30.5 Å². The Kier molecular flexibility index (Phi) is 8.10. The molecule has 5 atom stereocenters. The topological polar surface area (TPSA) is 112 Å². The lowest BCUT2D eigenvalue weighted by Crippen LogP contribution is -2.62. The van der Waals surface area contributed by atoms with Crippen LogP contribution in [0.5, 0.6) is 0 Å². The normalized spacial score (nSPS) is 31.2. The number of hydrogen-bond donors (Lipinski definition) is 3. The van der Waals surface area contributed by atoms with Gasteiger partial charge in [0, 0.05) is 36.6 Å². The molecule has 2 aromatic rings. The first-order chi connectivity index (χ1) is 20.1. The quantitative estimate of drug-likeness (QED) is 0.276. The number of esters is 1. The third-order valence-electron chi connectivity index (χ3n) is 9.87. The van der Waals surface area contributed by atoms with Crippen LogP contribution in [0.3, 0.4) is 0 Å². The third-order valence-corrected chi connectivity index (χ3v) is 10.2. The summed E-state index contributed by atoms with van der Waals surface area (Å²) in [6.07, 6.45) is 10.6. The second kappa shape index (κ2) is 11.7. The van der Waals surface area contributed by atoms with Crippen molar-refractivity contribution in [1.29, 1.82) is 5.26 Å². The molecule has 8 nitrogen and oxygen atoms in total. The van der Waals surface area contributed by atoms with Gasteiger partial charge in [-0.25, -0.2) is 4.98 Å². The minimum Gasteiger partial charge on any atom is -0.460 e. The molecular formula is C33H43ClN6O2. The van der Waals surface area contributed by atoms with Crippen molar-refractivity contribution in [2.24, 2.45) is 29.1 Å². The van der Waals surface area contributed by atoms with Crippen molar-refractivity contribution >= 4 is 29.3 Å². The van der Waals surface area contributed by atoms with E-state index in [-0.39, 0.29) is 11.4 Å². The van der Waals surface area contributed by atoms with Crippen LogP contribution in [-0.4, -0.2) is 40.2 Å². The van der Waals surface area contributed by atoms with Gasteiger partial charge in [-0.3, -0.25) is 4.79 Å². The number of anilines is 2. The van der Waals surface area contributed by atoms with E-state index < -0.39 is 5.60 Å². The van der Waals surface area contributed by atoms with Crippen molar-refractivity contribution in [3.05, 3.63) is 46.6 Å². The molecule has 4 bridgehead atoms. The highest BCUT2D eigenvalue weighted by Crippen LogP contribution is 2.60. The molecule has 3 unspecified atom stereocenters. The number of halogens is 1. The van der Waals surface area contributed by atoms with E-state index in [0.29, 0.717) is 65.2 Å². The number of carbonyl (C=O) groups is 1. The molecule has 7 rings (SSSR count). The smallest absolute Gasteiger partial charge is 0.306 e. The number of rotatable bonds is 10. The molecule has 0 amide bonds. The molecule has 42 heavy (non-hydrogen) atoms. The highest BCUT2D eigenvalue weighted by molar-refractivity contribution is 6.31. The summed E-state index contributed by atoms with van der Waals surface area (Å²) >= 11 is 6.30. The Hall–Kier alpha value is -2.89. The number of hydrogen-bond acceptors (Lipinski definition) is 8. The van der Waals surface area contributed by atoms with Gasteiger partial charge in [0.25, 0.3) is 0 Å². The molecule has 1 aromatic heterocycles. The van der Waals surface area contributed by atoms with Gasteiger partial charge in [0.15, 0.2) is 0 Å². The molecule has 0 aliphatic heterocycles. The van der Waals surface area contributed by atoms with Gasteiger partial charge >= 0.3 is 5.97 Å². The summed E-state index contributed by atoms with van der Waals surface area (Å²) in [6.45, 7) is 7.13. The third kappa shape index (κ3) is 6.53. The van der Waals surface area contributed by atoms with Gasteiger partial charge < -0.3 is 20.7 Å². The molecule has 0 saturated heterocycles. The first kappa shape index (κ1) is 29.2. The zero-order chi connectivity index (χ0) is 29.5. The lowest BCUT2D eigenvalue weighted by Gasteiger charge is -2.61. The Morgan fingerprint density at radius 1 is 1.12 bits per heavy atom. The first-order valence-corrected chi connectivity index (χ1v) is 15.9. The number of nitrogens with one attached hydrogen (secondary N) is 3. The Balaban J connectivity index is 1.03. The molecule has 9 heteroatoms. The van der Waals surface area contributed by atoms with E-state index in [0.717, 1.165) is 30.9 Å². The zero-order valence-corrected chi connectivity index (χ0v) is 25.7. The van der Waals surface area contributed by atoms with Crippen LogP contribution in [0, 0.1) is 40.4 Å². The van der Waals surface area contributed by atoms with E-state index in [9.17, 15) is 10.1 Å². The molecular weight excluding hydrogens is 548 g/mol. The van der Waals surface area contributed by atoms with E-state index in [1.54, 1.807) is 6.20 Å². The van der Waals surface area contributed by atoms with Gasteiger partial charge in [-0.2, -0.15) is 10.2 Å². The number of nitriles is 1. The predicted molar refractivity (Wildman–Crippen MR) is 164 cm³/mol. The van der Waals surface area contributed by atoms with Crippen LogP contribution >= 0.6 is 11.6 Å². The molecule has 0 radical (unpaired) electrons. The van der Waals surface area contributed by atoms with Crippen LogP contribution in [-0.2, 0) is 16.1 Å². The summed E-state index contributed by atoms with van der Waals surface area (Å²) in [7, 11) is 0. The Morgan fingerprint density at radius 3 is 2.55 bits per heavy atom.